The van der Waals surface area contributed by atoms with Gasteiger partial charge in [0.05, 0.1) is 0 Å². The second-order valence-electron chi connectivity index (χ2n) is 2.27. The predicted molar refractivity (Wildman–Crippen MR) is 45.2 cm³/mol. The molecule has 1 rings (SSSR count). The van der Waals surface area contributed by atoms with Crippen molar-refractivity contribution >= 4 is 5.69 Å². The Morgan fingerprint density at radius 1 is 1.27 bits per heavy atom. The van der Waals surface area contributed by atoms with E-state index in [1.165, 1.54) is 0 Å². The van der Waals surface area contributed by atoms with Crippen LogP contribution in [0.15, 0.2) is 24.3 Å². The van der Waals surface area contributed by atoms with Gasteiger partial charge in [0, 0.05) is 18.7 Å². The van der Waals surface area contributed by atoms with Crippen LogP contribution in [0, 0.1) is 6.57 Å². The maximum absolute atomic E-state index is 8.60. The van der Waals surface area contributed by atoms with Crippen molar-refractivity contribution in [3.05, 3.63) is 34.7 Å². The molecule has 0 aliphatic heterocycles. The molecule has 0 spiro atoms. The molecule has 0 saturated carbocycles. The second kappa shape index (κ2) is 3.75. The fourth-order valence-electron chi connectivity index (χ4n) is 0.878. The van der Waals surface area contributed by atoms with E-state index in [-0.39, 0.29) is 6.61 Å². The van der Waals surface area contributed by atoms with Crippen LogP contribution in [0.5, 0.6) is 0 Å². The number of benzene rings is 1. The number of rotatable bonds is 2. The summed E-state index contributed by atoms with van der Waals surface area (Å²) in [6.45, 7) is 5.23. The molecule has 0 heterocycles. The van der Waals surface area contributed by atoms with E-state index < -0.39 is 0 Å². The fourth-order valence-corrected chi connectivity index (χ4v) is 0.878. The molecule has 56 valence electrons. The summed E-state index contributed by atoms with van der Waals surface area (Å²) in [5, 5.41) is 8.60. The maximum atomic E-state index is 8.60. The van der Waals surface area contributed by atoms with Gasteiger partial charge in [-0.3, -0.25) is 0 Å². The van der Waals surface area contributed by atoms with E-state index in [1.54, 1.807) is 0 Å². The van der Waals surface area contributed by atoms with Gasteiger partial charge in [-0.05, 0) is 16.8 Å². The Hall–Kier alpha value is -1.33. The maximum Gasteiger partial charge on any atom is 0.339 e. The molecule has 0 fully saturated rings. The molecule has 0 saturated heterocycles. The van der Waals surface area contributed by atoms with Crippen molar-refractivity contribution < 1.29 is 5.11 Å². The lowest BCUT2D eigenvalue weighted by molar-refractivity contribution is 0.299. The van der Waals surface area contributed by atoms with Gasteiger partial charge in [-0.2, -0.15) is 0 Å². The van der Waals surface area contributed by atoms with Gasteiger partial charge in [0.25, 0.3) is 6.57 Å². The molecular weight excluding hydrogens is 138 g/mol. The van der Waals surface area contributed by atoms with E-state index in [0.29, 0.717) is 6.42 Å². The zero-order valence-corrected chi connectivity index (χ0v) is 6.20. The SMILES string of the molecule is C#[N+]c1ccc(CCO)cc1. The summed E-state index contributed by atoms with van der Waals surface area (Å²) in [6.07, 6.45) is 0.685. The number of hydrogen-bond acceptors (Lipinski definition) is 1. The van der Waals surface area contributed by atoms with Gasteiger partial charge in [-0.1, -0.05) is 12.1 Å². The van der Waals surface area contributed by atoms with E-state index in [4.69, 9.17) is 11.7 Å². The van der Waals surface area contributed by atoms with Crippen LogP contribution in [0.1, 0.15) is 5.56 Å². The van der Waals surface area contributed by atoms with Crippen LogP contribution in [0.4, 0.5) is 5.69 Å². The highest BCUT2D eigenvalue weighted by Crippen LogP contribution is 2.12. The van der Waals surface area contributed by atoms with Crippen LogP contribution in [0.25, 0.3) is 4.85 Å². The molecule has 1 aromatic carbocycles. The topological polar surface area (TPSA) is 24.6 Å². The van der Waals surface area contributed by atoms with Crippen molar-refractivity contribution in [3.63, 3.8) is 0 Å². The third-order valence-corrected chi connectivity index (χ3v) is 1.49. The Labute approximate surface area is 65.9 Å². The van der Waals surface area contributed by atoms with Crippen LogP contribution < -0.4 is 0 Å². The summed E-state index contributed by atoms with van der Waals surface area (Å²) in [4.78, 5) is 3.51. The van der Waals surface area contributed by atoms with Crippen LogP contribution in [0.3, 0.4) is 0 Å². The normalized spacial score (nSPS) is 9.09. The Morgan fingerprint density at radius 3 is 2.36 bits per heavy atom. The average Bonchev–Trinajstić information content (AvgIpc) is 2.07. The van der Waals surface area contributed by atoms with Gasteiger partial charge in [0.15, 0.2) is 0 Å². The molecule has 0 amide bonds. The van der Waals surface area contributed by atoms with Gasteiger partial charge in [0.1, 0.15) is 0 Å². The first-order chi connectivity index (χ1) is 5.36. The summed E-state index contributed by atoms with van der Waals surface area (Å²) in [7, 11) is 0. The first-order valence-corrected chi connectivity index (χ1v) is 3.47. The van der Waals surface area contributed by atoms with Crippen LogP contribution in [-0.4, -0.2) is 11.7 Å². The molecule has 1 aromatic rings. The predicted octanol–water partition coefficient (Wildman–Crippen LogP) is 1.82. The zero-order chi connectivity index (χ0) is 8.10. The second-order valence-corrected chi connectivity index (χ2v) is 2.27. The summed E-state index contributed by atoms with van der Waals surface area (Å²) >= 11 is 0. The Kier molecular flexibility index (Phi) is 2.65. The van der Waals surface area contributed by atoms with E-state index in [9.17, 15) is 0 Å². The van der Waals surface area contributed by atoms with E-state index in [0.717, 1.165) is 11.3 Å². The van der Waals surface area contributed by atoms with Gasteiger partial charge in [-0.25, -0.2) is 0 Å². The minimum absolute atomic E-state index is 0.180. The minimum atomic E-state index is 0.180. The molecule has 0 atom stereocenters. The van der Waals surface area contributed by atoms with Gasteiger partial charge >= 0.3 is 5.69 Å². The first-order valence-electron chi connectivity index (χ1n) is 3.47. The van der Waals surface area contributed by atoms with Gasteiger partial charge in [-0.15, -0.1) is 0 Å². The molecular formula is C9H10NO+. The lowest BCUT2D eigenvalue weighted by Crippen LogP contribution is -1.88. The summed E-state index contributed by atoms with van der Waals surface area (Å²) < 4.78 is 0. The summed E-state index contributed by atoms with van der Waals surface area (Å²) in [5.74, 6) is 0. The number of hydrogen-bond donors (Lipinski definition) is 1. The summed E-state index contributed by atoms with van der Waals surface area (Å²) in [6, 6.07) is 7.46. The number of aliphatic hydroxyl groups excluding tert-OH is 1. The molecule has 2 nitrogen and oxygen atoms in total. The van der Waals surface area contributed by atoms with E-state index in [2.05, 4.69) is 4.85 Å². The van der Waals surface area contributed by atoms with Crippen LogP contribution in [-0.2, 0) is 6.42 Å². The van der Waals surface area contributed by atoms with Crippen LogP contribution in [0.2, 0.25) is 0 Å². The Morgan fingerprint density at radius 2 is 1.91 bits per heavy atom. The van der Waals surface area contributed by atoms with Crippen molar-refractivity contribution in [1.29, 1.82) is 0 Å². The number of aliphatic hydroxyl groups is 1. The third kappa shape index (κ3) is 2.06. The van der Waals surface area contributed by atoms with Crippen molar-refractivity contribution in [2.45, 2.75) is 6.42 Å². The highest BCUT2D eigenvalue weighted by molar-refractivity contribution is 5.46. The van der Waals surface area contributed by atoms with Crippen molar-refractivity contribution in [2.24, 2.45) is 0 Å². The zero-order valence-electron chi connectivity index (χ0n) is 6.20. The van der Waals surface area contributed by atoms with Gasteiger partial charge in [0.2, 0.25) is 0 Å². The fraction of sp³-hybridized carbons (Fsp3) is 0.222. The molecule has 0 aromatic heterocycles. The van der Waals surface area contributed by atoms with Crippen molar-refractivity contribution in [2.75, 3.05) is 6.61 Å². The minimum Gasteiger partial charge on any atom is -0.396 e. The number of nitrogens with zero attached hydrogens (tertiary/aromatic N) is 1. The average molecular weight is 148 g/mol. The van der Waals surface area contributed by atoms with Crippen LogP contribution >= 0.6 is 0 Å². The molecule has 0 bridgehead atoms. The lowest BCUT2D eigenvalue weighted by Gasteiger charge is -1.93. The summed E-state index contributed by atoms with van der Waals surface area (Å²) in [5.41, 5.74) is 1.85. The highest BCUT2D eigenvalue weighted by atomic mass is 16.2. The quantitative estimate of drug-likeness (QED) is 0.679. The van der Waals surface area contributed by atoms with E-state index >= 15 is 0 Å². The molecule has 11 heavy (non-hydrogen) atoms. The molecule has 0 unspecified atom stereocenters. The van der Waals surface area contributed by atoms with Crippen molar-refractivity contribution in [1.82, 2.24) is 0 Å². The molecule has 0 aliphatic carbocycles. The lowest BCUT2D eigenvalue weighted by atomic mass is 10.1. The first kappa shape index (κ1) is 7.77. The van der Waals surface area contributed by atoms with E-state index in [1.807, 2.05) is 24.3 Å². The standard InChI is InChI=1S/C9H10NO/c1-10-9-4-2-8(3-5-9)6-7-11/h1-5,11H,6-7H2/q+1. The van der Waals surface area contributed by atoms with Gasteiger partial charge < -0.3 is 5.11 Å². The molecule has 2 heteroatoms. The third-order valence-electron chi connectivity index (χ3n) is 1.49. The molecule has 1 N–H and O–H groups in total. The van der Waals surface area contributed by atoms with Crippen molar-refractivity contribution in [3.8, 4) is 6.57 Å². The smallest absolute Gasteiger partial charge is 0.339 e. The Balaban J connectivity index is 2.76. The molecule has 0 aliphatic rings. The monoisotopic (exact) mass is 148 g/mol. The highest BCUT2D eigenvalue weighted by Gasteiger charge is 1.97. The molecule has 0 radical (unpaired) electrons. The largest absolute Gasteiger partial charge is 0.396 e. The Bertz CT molecular complexity index is 258.